The number of anilines is 1. The standard InChI is InChI=1S/C22H22F2N6O3/c23-20(24)13-8-12(9-25-10-13)16-5-6-17(28-27-16)26-18(31)11-29-7-1-2-15-19(29)22(33)30(21(15)32)14-3-4-14/h5-6,8-10,14-15,19-20H,1-4,7,11H2,(H,26,28,31). The van der Waals surface area contributed by atoms with Crippen molar-refractivity contribution in [2.75, 3.05) is 18.4 Å². The van der Waals surface area contributed by atoms with Gasteiger partial charge in [-0.1, -0.05) is 0 Å². The minimum absolute atomic E-state index is 0.0247. The molecule has 33 heavy (non-hydrogen) atoms. The Balaban J connectivity index is 1.23. The number of amides is 3. The fraction of sp³-hybridized carbons (Fsp3) is 0.455. The second-order valence-corrected chi connectivity index (χ2v) is 8.60. The van der Waals surface area contributed by atoms with Crippen LogP contribution in [0.3, 0.4) is 0 Å². The molecule has 2 aromatic heterocycles. The van der Waals surface area contributed by atoms with E-state index in [2.05, 4.69) is 20.5 Å². The fourth-order valence-corrected chi connectivity index (χ4v) is 4.59. The van der Waals surface area contributed by atoms with E-state index in [4.69, 9.17) is 0 Å². The number of hydrogen-bond acceptors (Lipinski definition) is 7. The van der Waals surface area contributed by atoms with E-state index >= 15 is 0 Å². The number of fused-ring (bicyclic) bond motifs is 1. The first kappa shape index (κ1) is 21.5. The first-order valence-corrected chi connectivity index (χ1v) is 10.9. The molecule has 172 valence electrons. The number of pyridine rings is 1. The van der Waals surface area contributed by atoms with Crippen LogP contribution in [-0.2, 0) is 14.4 Å². The molecule has 1 N–H and O–H groups in total. The van der Waals surface area contributed by atoms with Gasteiger partial charge in [-0.25, -0.2) is 8.78 Å². The highest BCUT2D eigenvalue weighted by atomic mass is 19.3. The van der Waals surface area contributed by atoms with Gasteiger partial charge in [0.1, 0.15) is 6.04 Å². The summed E-state index contributed by atoms with van der Waals surface area (Å²) in [6, 6.07) is 3.81. The fourth-order valence-electron chi connectivity index (χ4n) is 4.59. The molecule has 1 saturated carbocycles. The van der Waals surface area contributed by atoms with E-state index < -0.39 is 12.5 Å². The number of imide groups is 1. The van der Waals surface area contributed by atoms with Gasteiger partial charge in [-0.15, -0.1) is 10.2 Å². The lowest BCUT2D eigenvalue weighted by Crippen LogP contribution is -2.50. The Morgan fingerprint density at radius 3 is 2.64 bits per heavy atom. The summed E-state index contributed by atoms with van der Waals surface area (Å²) in [5.41, 5.74) is 0.519. The monoisotopic (exact) mass is 456 g/mol. The van der Waals surface area contributed by atoms with Crippen LogP contribution in [0.2, 0.25) is 0 Å². The van der Waals surface area contributed by atoms with E-state index in [9.17, 15) is 23.2 Å². The van der Waals surface area contributed by atoms with Gasteiger partial charge in [0.2, 0.25) is 17.7 Å². The van der Waals surface area contributed by atoms with Gasteiger partial charge in [0, 0.05) is 29.6 Å². The van der Waals surface area contributed by atoms with Crippen molar-refractivity contribution in [3.05, 3.63) is 36.2 Å². The summed E-state index contributed by atoms with van der Waals surface area (Å²) in [5, 5.41) is 10.6. The molecule has 2 aromatic rings. The number of likely N-dealkylation sites (tertiary alicyclic amines) is 2. The minimum atomic E-state index is -2.64. The third-order valence-electron chi connectivity index (χ3n) is 6.28. The van der Waals surface area contributed by atoms with Crippen molar-refractivity contribution >= 4 is 23.5 Å². The number of halogens is 2. The Bertz CT molecular complexity index is 1090. The highest BCUT2D eigenvalue weighted by Crippen LogP contribution is 2.39. The molecular formula is C22H22F2N6O3. The molecule has 2 aliphatic heterocycles. The average Bonchev–Trinajstić information content (AvgIpc) is 3.60. The molecule has 2 unspecified atom stereocenters. The van der Waals surface area contributed by atoms with Crippen molar-refractivity contribution in [1.82, 2.24) is 25.0 Å². The number of carbonyl (C=O) groups excluding carboxylic acids is 3. The van der Waals surface area contributed by atoms with Gasteiger partial charge in [0.15, 0.2) is 5.82 Å². The molecule has 3 aliphatic rings. The second kappa shape index (κ2) is 8.54. The zero-order valence-corrected chi connectivity index (χ0v) is 17.7. The van der Waals surface area contributed by atoms with Crippen molar-refractivity contribution in [3.63, 3.8) is 0 Å². The van der Waals surface area contributed by atoms with Crippen LogP contribution in [-0.4, -0.2) is 67.9 Å². The highest BCUT2D eigenvalue weighted by Gasteiger charge is 2.55. The SMILES string of the molecule is O=C(CN1CCCC2C(=O)N(C3CC3)C(=O)C21)Nc1ccc(-c2cncc(C(F)F)c2)nn1. The predicted octanol–water partition coefficient (Wildman–Crippen LogP) is 2.03. The zero-order chi connectivity index (χ0) is 23.1. The van der Waals surface area contributed by atoms with E-state index in [0.29, 0.717) is 24.2 Å². The van der Waals surface area contributed by atoms with Gasteiger partial charge in [-0.05, 0) is 50.4 Å². The summed E-state index contributed by atoms with van der Waals surface area (Å²) in [6.07, 6.45) is 2.97. The molecule has 9 nitrogen and oxygen atoms in total. The molecular weight excluding hydrogens is 434 g/mol. The molecule has 3 amide bonds. The smallest absolute Gasteiger partial charge is 0.265 e. The summed E-state index contributed by atoms with van der Waals surface area (Å²) in [7, 11) is 0. The first-order chi connectivity index (χ1) is 15.9. The molecule has 0 bridgehead atoms. The molecule has 0 aromatic carbocycles. The van der Waals surface area contributed by atoms with Gasteiger partial charge in [-0.3, -0.25) is 29.2 Å². The van der Waals surface area contributed by atoms with Crippen molar-refractivity contribution in [3.8, 4) is 11.3 Å². The minimum Gasteiger partial charge on any atom is -0.308 e. The van der Waals surface area contributed by atoms with Gasteiger partial charge < -0.3 is 5.32 Å². The predicted molar refractivity (Wildman–Crippen MR) is 112 cm³/mol. The van der Waals surface area contributed by atoms with E-state index in [1.165, 1.54) is 23.2 Å². The molecule has 4 heterocycles. The quantitative estimate of drug-likeness (QED) is 0.663. The van der Waals surface area contributed by atoms with Crippen LogP contribution in [0.4, 0.5) is 14.6 Å². The van der Waals surface area contributed by atoms with Gasteiger partial charge in [-0.2, -0.15) is 0 Å². The Kier molecular flexibility index (Phi) is 5.57. The molecule has 2 atom stereocenters. The molecule has 11 heteroatoms. The van der Waals surface area contributed by atoms with Gasteiger partial charge in [0.25, 0.3) is 6.43 Å². The van der Waals surface area contributed by atoms with Crippen LogP contribution in [0.5, 0.6) is 0 Å². The summed E-state index contributed by atoms with van der Waals surface area (Å²) in [4.78, 5) is 45.2. The maximum atomic E-state index is 12.9. The molecule has 5 rings (SSSR count). The number of nitrogens with zero attached hydrogens (tertiary/aromatic N) is 5. The number of alkyl halides is 2. The average molecular weight is 456 g/mol. The second-order valence-electron chi connectivity index (χ2n) is 8.60. The maximum Gasteiger partial charge on any atom is 0.265 e. The van der Waals surface area contributed by atoms with Crippen molar-refractivity contribution in [2.45, 2.75) is 44.2 Å². The number of nitrogens with one attached hydrogen (secondary N) is 1. The third kappa shape index (κ3) is 4.20. The largest absolute Gasteiger partial charge is 0.308 e. The lowest BCUT2D eigenvalue weighted by Gasteiger charge is -2.33. The van der Waals surface area contributed by atoms with Crippen LogP contribution >= 0.6 is 0 Å². The van der Waals surface area contributed by atoms with Crippen LogP contribution in [0.15, 0.2) is 30.6 Å². The first-order valence-electron chi connectivity index (χ1n) is 10.9. The topological polar surface area (TPSA) is 108 Å². The van der Waals surface area contributed by atoms with Crippen molar-refractivity contribution in [2.24, 2.45) is 5.92 Å². The molecule has 1 aliphatic carbocycles. The number of aromatic nitrogens is 3. The Labute approximate surface area is 188 Å². The molecule has 3 fully saturated rings. The van der Waals surface area contributed by atoms with Crippen LogP contribution in [0.25, 0.3) is 11.3 Å². The van der Waals surface area contributed by atoms with E-state index in [-0.39, 0.29) is 47.6 Å². The Morgan fingerprint density at radius 1 is 1.12 bits per heavy atom. The maximum absolute atomic E-state index is 12.9. The summed E-state index contributed by atoms with van der Waals surface area (Å²) >= 11 is 0. The van der Waals surface area contributed by atoms with Crippen LogP contribution in [0, 0.1) is 5.92 Å². The Hall–Kier alpha value is -3.34. The zero-order valence-electron chi connectivity index (χ0n) is 17.7. The Morgan fingerprint density at radius 2 is 1.94 bits per heavy atom. The summed E-state index contributed by atoms with van der Waals surface area (Å²) < 4.78 is 25.8. The number of piperidine rings is 1. The lowest BCUT2D eigenvalue weighted by atomic mass is 9.91. The third-order valence-corrected chi connectivity index (χ3v) is 6.28. The van der Waals surface area contributed by atoms with Crippen LogP contribution in [0.1, 0.15) is 37.7 Å². The molecule has 0 radical (unpaired) electrons. The van der Waals surface area contributed by atoms with Crippen molar-refractivity contribution in [1.29, 1.82) is 0 Å². The number of hydrogen-bond donors (Lipinski definition) is 1. The van der Waals surface area contributed by atoms with E-state index in [1.807, 2.05) is 0 Å². The van der Waals surface area contributed by atoms with Gasteiger partial charge >= 0.3 is 0 Å². The number of carbonyl (C=O) groups is 3. The van der Waals surface area contributed by atoms with Crippen LogP contribution < -0.4 is 5.32 Å². The van der Waals surface area contributed by atoms with E-state index in [1.54, 1.807) is 11.0 Å². The van der Waals surface area contributed by atoms with E-state index in [0.717, 1.165) is 25.5 Å². The van der Waals surface area contributed by atoms with Crippen molar-refractivity contribution < 1.29 is 23.2 Å². The highest BCUT2D eigenvalue weighted by molar-refractivity contribution is 6.08. The summed E-state index contributed by atoms with van der Waals surface area (Å²) in [5.74, 6) is -0.850. The molecule has 2 saturated heterocycles. The lowest BCUT2D eigenvalue weighted by molar-refractivity contribution is -0.140. The number of rotatable bonds is 6. The summed E-state index contributed by atoms with van der Waals surface area (Å²) in [6.45, 7) is 0.521. The normalized spacial score (nSPS) is 23.2. The molecule has 0 spiro atoms. The van der Waals surface area contributed by atoms with Gasteiger partial charge in [0.05, 0.1) is 18.2 Å².